The Morgan fingerprint density at radius 2 is 1.76 bits per heavy atom. The number of hydrogen-bond donors (Lipinski definition) is 3. The highest BCUT2D eigenvalue weighted by Gasteiger charge is 2.40. The van der Waals surface area contributed by atoms with Crippen LogP contribution in [0.2, 0.25) is 5.02 Å². The molecule has 0 saturated carbocycles. The first-order valence-corrected chi connectivity index (χ1v) is 15.2. The summed E-state index contributed by atoms with van der Waals surface area (Å²) in [6.07, 6.45) is -1.98. The third-order valence-corrected chi connectivity index (χ3v) is 7.76. The number of aliphatic hydroxyl groups excluding tert-OH is 1. The molecule has 1 heterocycles. The molecule has 246 valence electrons. The third-order valence-electron chi connectivity index (χ3n) is 7.52. The van der Waals surface area contributed by atoms with Crippen LogP contribution in [-0.2, 0) is 14.3 Å². The van der Waals surface area contributed by atoms with Crippen LogP contribution in [0.4, 0.5) is 5.69 Å². The Kier molecular flexibility index (Phi) is 11.5. The van der Waals surface area contributed by atoms with E-state index in [-0.39, 0.29) is 44.0 Å². The van der Waals surface area contributed by atoms with Crippen molar-refractivity contribution in [1.29, 1.82) is 0 Å². The second-order valence-corrected chi connectivity index (χ2v) is 12.0. The van der Waals surface area contributed by atoms with Gasteiger partial charge in [0.25, 0.3) is 5.91 Å². The van der Waals surface area contributed by atoms with E-state index >= 15 is 0 Å². The quantitative estimate of drug-likeness (QED) is 0.207. The molecule has 3 aromatic carbocycles. The average Bonchev–Trinajstić information content (AvgIpc) is 3.14. The number of hydrogen-bond acceptors (Lipinski definition) is 8. The molecule has 4 rings (SSSR count). The molecule has 1 aliphatic rings. The van der Waals surface area contributed by atoms with Gasteiger partial charge >= 0.3 is 5.97 Å². The van der Waals surface area contributed by atoms with Gasteiger partial charge in [-0.25, -0.2) is 4.79 Å². The smallest absolute Gasteiger partial charge is 0.339 e. The Balaban J connectivity index is 1.59. The topological polar surface area (TPSA) is 144 Å². The standard InChI is InChI=1S/C34H39ClN2O9/c1-34(2,20-38)19-37-25-14-13-21(35)17-24(25)30(23-10-7-12-27(43-3)31(23)44-4)46-28(32(37)40)18-29(39)36-15-8-16-45-26-11-6-5-9-22(26)33(41)42/h5-7,9-14,17,28,30,38H,8,15-16,18-20H2,1-4H3,(H,36,39)(H,41,42)/t28-,30-/m1/s1. The second-order valence-electron chi connectivity index (χ2n) is 11.6. The molecule has 2 amide bonds. The van der Waals surface area contributed by atoms with E-state index in [1.807, 2.05) is 13.8 Å². The predicted molar refractivity (Wildman–Crippen MR) is 172 cm³/mol. The number of carboxylic acid groups (broad SMARTS) is 1. The number of para-hydroxylation sites is 2. The molecule has 0 spiro atoms. The number of fused-ring (bicyclic) bond motifs is 1. The summed E-state index contributed by atoms with van der Waals surface area (Å²) < 4.78 is 23.4. The summed E-state index contributed by atoms with van der Waals surface area (Å²) in [6, 6.07) is 16.8. The van der Waals surface area contributed by atoms with Gasteiger partial charge in [-0.15, -0.1) is 0 Å². The number of halogens is 1. The number of anilines is 1. The SMILES string of the molecule is COc1cccc([C@H]2O[C@H](CC(=O)NCCCOc3ccccc3C(=O)O)C(=O)N(CC(C)(C)CO)c3ccc(Cl)cc32)c1OC. The summed E-state index contributed by atoms with van der Waals surface area (Å²) in [4.78, 5) is 40.3. The Morgan fingerprint density at radius 1 is 1.02 bits per heavy atom. The van der Waals surface area contributed by atoms with Gasteiger partial charge in [-0.05, 0) is 42.8 Å². The van der Waals surface area contributed by atoms with E-state index in [0.717, 1.165) is 0 Å². The van der Waals surface area contributed by atoms with Crippen LogP contribution in [0.5, 0.6) is 17.2 Å². The van der Waals surface area contributed by atoms with Crippen LogP contribution in [-0.4, -0.2) is 74.6 Å². The number of nitrogens with one attached hydrogen (secondary N) is 1. The lowest BCUT2D eigenvalue weighted by molar-refractivity contribution is -0.138. The van der Waals surface area contributed by atoms with Gasteiger partial charge in [0.15, 0.2) is 11.5 Å². The van der Waals surface area contributed by atoms with Gasteiger partial charge in [0.2, 0.25) is 5.91 Å². The van der Waals surface area contributed by atoms with Crippen LogP contribution < -0.4 is 24.4 Å². The zero-order valence-corrected chi connectivity index (χ0v) is 27.0. The minimum Gasteiger partial charge on any atom is -0.493 e. The van der Waals surface area contributed by atoms with E-state index in [4.69, 9.17) is 30.5 Å². The van der Waals surface area contributed by atoms with E-state index in [9.17, 15) is 24.6 Å². The summed E-state index contributed by atoms with van der Waals surface area (Å²) in [5, 5.41) is 22.6. The summed E-state index contributed by atoms with van der Waals surface area (Å²) in [7, 11) is 3.03. The van der Waals surface area contributed by atoms with Crippen molar-refractivity contribution in [2.24, 2.45) is 5.41 Å². The maximum absolute atomic E-state index is 14.2. The monoisotopic (exact) mass is 654 g/mol. The number of nitrogens with zero attached hydrogens (tertiary/aromatic N) is 1. The molecule has 3 aromatic rings. The van der Waals surface area contributed by atoms with E-state index in [2.05, 4.69) is 5.32 Å². The Bertz CT molecular complexity index is 1560. The van der Waals surface area contributed by atoms with Gasteiger partial charge in [-0.2, -0.15) is 0 Å². The number of methoxy groups -OCH3 is 2. The first-order chi connectivity index (χ1) is 22.0. The molecule has 2 atom stereocenters. The summed E-state index contributed by atoms with van der Waals surface area (Å²) in [5.41, 5.74) is 1.07. The van der Waals surface area contributed by atoms with Crippen LogP contribution in [0, 0.1) is 5.41 Å². The van der Waals surface area contributed by atoms with Crippen molar-refractivity contribution >= 4 is 35.1 Å². The number of carbonyl (C=O) groups excluding carboxylic acids is 2. The lowest BCUT2D eigenvalue weighted by atomic mass is 9.92. The third kappa shape index (κ3) is 8.09. The minimum absolute atomic E-state index is 0.0500. The number of carbonyl (C=O) groups is 3. The summed E-state index contributed by atoms with van der Waals surface area (Å²) in [6.45, 7) is 4.03. The Hall–Kier alpha value is -4.32. The van der Waals surface area contributed by atoms with E-state index in [1.165, 1.54) is 20.3 Å². The number of amides is 2. The summed E-state index contributed by atoms with van der Waals surface area (Å²) >= 11 is 6.47. The molecular formula is C34H39ClN2O9. The molecule has 0 radical (unpaired) electrons. The van der Waals surface area contributed by atoms with Crippen molar-refractivity contribution in [3.05, 3.63) is 82.4 Å². The van der Waals surface area contributed by atoms with Crippen molar-refractivity contribution in [1.82, 2.24) is 5.32 Å². The molecule has 0 fully saturated rings. The molecule has 12 heteroatoms. The van der Waals surface area contributed by atoms with Crippen LogP contribution in [0.3, 0.4) is 0 Å². The number of aromatic carboxylic acids is 1. The highest BCUT2D eigenvalue weighted by atomic mass is 35.5. The zero-order valence-electron chi connectivity index (χ0n) is 26.2. The fourth-order valence-corrected chi connectivity index (χ4v) is 5.38. The van der Waals surface area contributed by atoms with Gasteiger partial charge in [0.05, 0.1) is 27.2 Å². The Labute approximate surface area is 273 Å². The minimum atomic E-state index is -1.21. The summed E-state index contributed by atoms with van der Waals surface area (Å²) in [5.74, 6) is -0.857. The molecule has 0 bridgehead atoms. The molecule has 0 saturated heterocycles. The predicted octanol–water partition coefficient (Wildman–Crippen LogP) is 4.87. The second kappa shape index (κ2) is 15.3. The zero-order chi connectivity index (χ0) is 33.4. The molecule has 0 unspecified atom stereocenters. The lowest BCUT2D eigenvalue weighted by Gasteiger charge is -2.32. The highest BCUT2D eigenvalue weighted by molar-refractivity contribution is 6.30. The molecule has 1 aliphatic heterocycles. The van der Waals surface area contributed by atoms with Gasteiger partial charge < -0.3 is 39.4 Å². The first kappa shape index (κ1) is 34.6. The van der Waals surface area contributed by atoms with Gasteiger partial charge in [0, 0.05) is 46.9 Å². The number of aliphatic hydroxyl groups is 1. The molecule has 11 nitrogen and oxygen atoms in total. The van der Waals surface area contributed by atoms with Gasteiger partial charge in [-0.3, -0.25) is 9.59 Å². The fourth-order valence-electron chi connectivity index (χ4n) is 5.20. The van der Waals surface area contributed by atoms with Crippen molar-refractivity contribution in [3.63, 3.8) is 0 Å². The largest absolute Gasteiger partial charge is 0.493 e. The van der Waals surface area contributed by atoms with E-state index in [1.54, 1.807) is 59.5 Å². The van der Waals surface area contributed by atoms with Gasteiger partial charge in [0.1, 0.15) is 23.5 Å². The molecule has 0 aromatic heterocycles. The number of ether oxygens (including phenoxy) is 4. The van der Waals surface area contributed by atoms with Crippen LogP contribution >= 0.6 is 11.6 Å². The molecular weight excluding hydrogens is 616 g/mol. The van der Waals surface area contributed by atoms with Crippen molar-refractivity contribution < 1.29 is 43.5 Å². The van der Waals surface area contributed by atoms with Crippen LogP contribution in [0.25, 0.3) is 0 Å². The van der Waals surface area contributed by atoms with Gasteiger partial charge in [-0.1, -0.05) is 49.7 Å². The van der Waals surface area contributed by atoms with Crippen molar-refractivity contribution in [2.75, 3.05) is 45.4 Å². The fraction of sp³-hybridized carbons (Fsp3) is 0.382. The van der Waals surface area contributed by atoms with Crippen molar-refractivity contribution in [3.8, 4) is 17.2 Å². The molecule has 46 heavy (non-hydrogen) atoms. The van der Waals surface area contributed by atoms with Crippen LogP contribution in [0.1, 0.15) is 54.3 Å². The van der Waals surface area contributed by atoms with Crippen molar-refractivity contribution in [2.45, 2.75) is 38.9 Å². The van der Waals surface area contributed by atoms with Crippen LogP contribution in [0.15, 0.2) is 60.7 Å². The van der Waals surface area contributed by atoms with E-state index < -0.39 is 35.4 Å². The Morgan fingerprint density at radius 3 is 2.46 bits per heavy atom. The first-order valence-electron chi connectivity index (χ1n) is 14.8. The number of benzene rings is 3. The van der Waals surface area contributed by atoms with E-state index in [0.29, 0.717) is 39.8 Å². The molecule has 3 N–H and O–H groups in total. The average molecular weight is 655 g/mol. The number of rotatable bonds is 14. The number of carboxylic acids is 1. The maximum atomic E-state index is 14.2. The molecule has 0 aliphatic carbocycles. The lowest BCUT2D eigenvalue weighted by Crippen LogP contribution is -2.46. The maximum Gasteiger partial charge on any atom is 0.339 e. The highest BCUT2D eigenvalue weighted by Crippen LogP contribution is 2.45. The normalized spacial score (nSPS) is 16.3.